The fourth-order valence-electron chi connectivity index (χ4n) is 2.36. The van der Waals surface area contributed by atoms with Gasteiger partial charge in [0.15, 0.2) is 5.96 Å². The maximum atomic E-state index is 12.0. The minimum Gasteiger partial charge on any atom is -0.357 e. The molecule has 0 aliphatic rings. The summed E-state index contributed by atoms with van der Waals surface area (Å²) in [6.45, 7) is 4.34. The third-order valence-corrected chi connectivity index (χ3v) is 4.01. The van der Waals surface area contributed by atoms with E-state index in [1.165, 1.54) is 0 Å². The monoisotopic (exact) mass is 373 g/mol. The van der Waals surface area contributed by atoms with Crippen molar-refractivity contribution in [3.8, 4) is 0 Å². The van der Waals surface area contributed by atoms with E-state index in [1.54, 1.807) is 24.5 Å². The third-order valence-electron chi connectivity index (χ3n) is 3.64. The number of carbonyl (C=O) groups is 1. The Kier molecular flexibility index (Phi) is 7.89. The Morgan fingerprint density at radius 2 is 2.04 bits per heavy atom. The van der Waals surface area contributed by atoms with Gasteiger partial charge < -0.3 is 15.5 Å². The van der Waals surface area contributed by atoms with Crippen LogP contribution in [0.5, 0.6) is 0 Å². The molecule has 2 rings (SSSR count). The zero-order valence-corrected chi connectivity index (χ0v) is 15.8. The molecule has 0 unspecified atom stereocenters. The molecule has 0 fully saturated rings. The Labute approximate surface area is 159 Å². The Morgan fingerprint density at radius 3 is 2.73 bits per heavy atom. The van der Waals surface area contributed by atoms with Crippen molar-refractivity contribution in [2.75, 3.05) is 26.7 Å². The van der Waals surface area contributed by atoms with E-state index in [-0.39, 0.29) is 5.91 Å². The van der Waals surface area contributed by atoms with Crippen LogP contribution in [0.15, 0.2) is 53.8 Å². The van der Waals surface area contributed by atoms with Gasteiger partial charge in [0.2, 0.25) is 0 Å². The first-order chi connectivity index (χ1) is 12.6. The molecule has 2 N–H and O–H groups in total. The molecule has 7 heteroatoms. The maximum absolute atomic E-state index is 12.0. The van der Waals surface area contributed by atoms with Gasteiger partial charge in [0.1, 0.15) is 0 Å². The van der Waals surface area contributed by atoms with Crippen LogP contribution in [0.25, 0.3) is 0 Å². The van der Waals surface area contributed by atoms with Crippen molar-refractivity contribution in [1.29, 1.82) is 0 Å². The second-order valence-corrected chi connectivity index (χ2v) is 6.09. The molecule has 0 radical (unpaired) electrons. The molecule has 0 saturated heterocycles. The maximum Gasteiger partial charge on any atom is 0.252 e. The van der Waals surface area contributed by atoms with E-state index < -0.39 is 0 Å². The van der Waals surface area contributed by atoms with Gasteiger partial charge in [0.05, 0.1) is 12.1 Å². The lowest BCUT2D eigenvalue weighted by molar-refractivity contribution is 0.0954. The van der Waals surface area contributed by atoms with Crippen LogP contribution >= 0.6 is 11.6 Å². The topological polar surface area (TPSA) is 69.6 Å². The summed E-state index contributed by atoms with van der Waals surface area (Å²) in [6, 6.07) is 11.2. The van der Waals surface area contributed by atoms with Crippen molar-refractivity contribution in [1.82, 2.24) is 20.5 Å². The van der Waals surface area contributed by atoms with Crippen molar-refractivity contribution < 1.29 is 4.79 Å². The van der Waals surface area contributed by atoms with Crippen LogP contribution in [0.4, 0.5) is 0 Å². The van der Waals surface area contributed by atoms with Crippen LogP contribution in [-0.2, 0) is 6.54 Å². The lowest BCUT2D eigenvalue weighted by Crippen LogP contribution is -2.39. The van der Waals surface area contributed by atoms with E-state index in [0.29, 0.717) is 25.2 Å². The molecule has 1 aromatic carbocycles. The van der Waals surface area contributed by atoms with Crippen molar-refractivity contribution in [3.63, 3.8) is 0 Å². The molecule has 0 saturated carbocycles. The zero-order valence-electron chi connectivity index (χ0n) is 15.1. The molecule has 2 aromatic rings. The Morgan fingerprint density at radius 1 is 1.23 bits per heavy atom. The predicted molar refractivity (Wildman–Crippen MR) is 105 cm³/mol. The smallest absolute Gasteiger partial charge is 0.252 e. The predicted octanol–water partition coefficient (Wildman–Crippen LogP) is 2.56. The van der Waals surface area contributed by atoms with Crippen molar-refractivity contribution in [3.05, 3.63) is 64.9 Å². The minimum absolute atomic E-state index is 0.150. The van der Waals surface area contributed by atoms with Gasteiger partial charge in [-0.05, 0) is 30.7 Å². The number of rotatable bonds is 7. The second-order valence-electron chi connectivity index (χ2n) is 5.68. The van der Waals surface area contributed by atoms with E-state index in [0.717, 1.165) is 23.1 Å². The van der Waals surface area contributed by atoms with Gasteiger partial charge in [-0.1, -0.05) is 29.8 Å². The largest absolute Gasteiger partial charge is 0.357 e. The average Bonchev–Trinajstić information content (AvgIpc) is 2.66. The van der Waals surface area contributed by atoms with Gasteiger partial charge in [-0.2, -0.15) is 0 Å². The second kappa shape index (κ2) is 10.4. The van der Waals surface area contributed by atoms with E-state index in [4.69, 9.17) is 11.6 Å². The van der Waals surface area contributed by atoms with Gasteiger partial charge in [-0.3, -0.25) is 14.8 Å². The van der Waals surface area contributed by atoms with E-state index in [1.807, 2.05) is 43.1 Å². The quantitative estimate of drug-likeness (QED) is 0.444. The van der Waals surface area contributed by atoms with Crippen LogP contribution in [0.2, 0.25) is 5.02 Å². The van der Waals surface area contributed by atoms with Gasteiger partial charge in [0, 0.05) is 44.1 Å². The average molecular weight is 374 g/mol. The first-order valence-electron chi connectivity index (χ1n) is 8.53. The molecule has 6 nitrogen and oxygen atoms in total. The molecule has 0 spiro atoms. The standard InChI is InChI=1S/C19H24ClN5O/c1-3-22-19(25(2)14-16-7-4-5-9-17(16)20)24-12-11-23-18(26)15-8-6-10-21-13-15/h4-10,13H,3,11-12,14H2,1-2H3,(H,22,24)(H,23,26). The van der Waals surface area contributed by atoms with E-state index >= 15 is 0 Å². The summed E-state index contributed by atoms with van der Waals surface area (Å²) in [6.07, 6.45) is 3.18. The summed E-state index contributed by atoms with van der Waals surface area (Å²) in [7, 11) is 1.96. The summed E-state index contributed by atoms with van der Waals surface area (Å²) < 4.78 is 0. The number of benzene rings is 1. The summed E-state index contributed by atoms with van der Waals surface area (Å²) >= 11 is 6.23. The highest BCUT2D eigenvalue weighted by molar-refractivity contribution is 6.31. The number of halogens is 1. The molecule has 1 amide bonds. The number of hydrogen-bond donors (Lipinski definition) is 2. The van der Waals surface area contributed by atoms with Crippen LogP contribution in [0.1, 0.15) is 22.8 Å². The van der Waals surface area contributed by atoms with Crippen molar-refractivity contribution in [2.45, 2.75) is 13.5 Å². The Hall–Kier alpha value is -2.60. The molecule has 26 heavy (non-hydrogen) atoms. The van der Waals surface area contributed by atoms with Crippen LogP contribution in [-0.4, -0.2) is 48.4 Å². The molecular weight excluding hydrogens is 350 g/mol. The number of pyridine rings is 1. The fourth-order valence-corrected chi connectivity index (χ4v) is 2.55. The van der Waals surface area contributed by atoms with Crippen LogP contribution < -0.4 is 10.6 Å². The first-order valence-corrected chi connectivity index (χ1v) is 8.90. The van der Waals surface area contributed by atoms with Crippen LogP contribution in [0.3, 0.4) is 0 Å². The number of carbonyl (C=O) groups excluding carboxylic acids is 1. The molecule has 1 heterocycles. The molecule has 0 bridgehead atoms. The molecule has 0 aliphatic carbocycles. The third kappa shape index (κ3) is 6.04. The molecule has 138 valence electrons. The normalized spacial score (nSPS) is 11.1. The summed E-state index contributed by atoms with van der Waals surface area (Å²) in [5.74, 6) is 0.616. The molecule has 0 atom stereocenters. The van der Waals surface area contributed by atoms with Crippen molar-refractivity contribution in [2.24, 2.45) is 4.99 Å². The minimum atomic E-state index is -0.150. The highest BCUT2D eigenvalue weighted by atomic mass is 35.5. The zero-order chi connectivity index (χ0) is 18.8. The van der Waals surface area contributed by atoms with Gasteiger partial charge in [0.25, 0.3) is 5.91 Å². The summed E-state index contributed by atoms with van der Waals surface area (Å²) in [4.78, 5) is 22.5. The number of aromatic nitrogens is 1. The fraction of sp³-hybridized carbons (Fsp3) is 0.316. The van der Waals surface area contributed by atoms with E-state index in [2.05, 4.69) is 20.6 Å². The molecule has 1 aromatic heterocycles. The lowest BCUT2D eigenvalue weighted by Gasteiger charge is -2.22. The number of guanidine groups is 1. The Balaban J connectivity index is 1.89. The lowest BCUT2D eigenvalue weighted by atomic mass is 10.2. The molecular formula is C19H24ClN5O. The number of nitrogens with one attached hydrogen (secondary N) is 2. The van der Waals surface area contributed by atoms with Gasteiger partial charge in [-0.25, -0.2) is 0 Å². The number of amides is 1. The first kappa shape index (κ1) is 19.7. The molecule has 0 aliphatic heterocycles. The Bertz CT molecular complexity index is 736. The number of hydrogen-bond acceptors (Lipinski definition) is 3. The highest BCUT2D eigenvalue weighted by Gasteiger charge is 2.09. The number of aliphatic imine (C=N–C) groups is 1. The summed E-state index contributed by atoms with van der Waals surface area (Å²) in [5, 5.41) is 6.83. The van der Waals surface area contributed by atoms with Gasteiger partial charge >= 0.3 is 0 Å². The van der Waals surface area contributed by atoms with Crippen LogP contribution in [0, 0.1) is 0 Å². The van der Waals surface area contributed by atoms with Gasteiger partial charge in [-0.15, -0.1) is 0 Å². The highest BCUT2D eigenvalue weighted by Crippen LogP contribution is 2.16. The van der Waals surface area contributed by atoms with Crippen molar-refractivity contribution >= 4 is 23.5 Å². The number of nitrogens with zero attached hydrogens (tertiary/aromatic N) is 3. The summed E-state index contributed by atoms with van der Waals surface area (Å²) in [5.41, 5.74) is 1.58. The van der Waals surface area contributed by atoms with E-state index in [9.17, 15) is 4.79 Å². The SMILES string of the molecule is CCNC(=NCCNC(=O)c1cccnc1)N(C)Cc1ccccc1Cl.